The van der Waals surface area contributed by atoms with Gasteiger partial charge in [-0.2, -0.15) is 15.6 Å². The highest BCUT2D eigenvalue weighted by atomic mass is 35.5. The van der Waals surface area contributed by atoms with E-state index in [1.165, 1.54) is 17.1 Å². The number of carbonyl (C=O) groups excluding carboxylic acids is 1. The van der Waals surface area contributed by atoms with Gasteiger partial charge in [-0.25, -0.2) is 9.80 Å². The minimum absolute atomic E-state index is 0.0969. The topological polar surface area (TPSA) is 96.0 Å². The highest BCUT2D eigenvalue weighted by Gasteiger charge is 2.36. The quantitative estimate of drug-likeness (QED) is 0.277. The number of allylic oxidation sites excluding steroid dienone is 1. The van der Waals surface area contributed by atoms with E-state index in [-0.39, 0.29) is 18.8 Å². The Hall–Kier alpha value is -4.66. The Labute approximate surface area is 223 Å². The molecule has 1 heterocycles. The predicted octanol–water partition coefficient (Wildman–Crippen LogP) is 5.39. The minimum Gasteiger partial charge on any atom is -0.406 e. The lowest BCUT2D eigenvalue weighted by Crippen LogP contribution is -2.44. The van der Waals surface area contributed by atoms with Crippen molar-refractivity contribution in [3.63, 3.8) is 0 Å². The van der Waals surface area contributed by atoms with Crippen LogP contribution in [-0.2, 0) is 0 Å². The number of terminal acetylenes is 1. The van der Waals surface area contributed by atoms with Crippen LogP contribution in [0.3, 0.4) is 0 Å². The van der Waals surface area contributed by atoms with Gasteiger partial charge < -0.3 is 9.64 Å². The molecule has 196 valence electrons. The Bertz CT molecular complexity index is 1290. The van der Waals surface area contributed by atoms with E-state index in [1.54, 1.807) is 49.3 Å². The average molecular weight is 543 g/mol. The lowest BCUT2D eigenvalue weighted by atomic mass is 10.0. The fourth-order valence-corrected chi connectivity index (χ4v) is 3.66. The Morgan fingerprint density at radius 3 is 2.34 bits per heavy atom. The van der Waals surface area contributed by atoms with Gasteiger partial charge in [0.05, 0.1) is 30.4 Å². The number of amides is 2. The Morgan fingerprint density at radius 2 is 1.82 bits per heavy atom. The van der Waals surface area contributed by atoms with E-state index in [0.717, 1.165) is 17.0 Å². The van der Waals surface area contributed by atoms with E-state index in [0.29, 0.717) is 21.9 Å². The number of anilines is 1. The van der Waals surface area contributed by atoms with Crippen molar-refractivity contribution in [1.29, 1.82) is 10.5 Å². The maximum atomic E-state index is 13.4. The lowest BCUT2D eigenvalue weighted by Gasteiger charge is -2.27. The summed E-state index contributed by atoms with van der Waals surface area (Å²) < 4.78 is 41.3. The predicted molar refractivity (Wildman–Crippen MR) is 137 cm³/mol. The monoisotopic (exact) mass is 542 g/mol. The van der Waals surface area contributed by atoms with Crippen molar-refractivity contribution in [3.05, 3.63) is 70.9 Å². The largest absolute Gasteiger partial charge is 0.573 e. The van der Waals surface area contributed by atoms with E-state index in [4.69, 9.17) is 16.9 Å². The van der Waals surface area contributed by atoms with Crippen LogP contribution in [0.15, 0.2) is 65.4 Å². The van der Waals surface area contributed by atoms with Gasteiger partial charge in [-0.05, 0) is 43.3 Å². The fourth-order valence-electron chi connectivity index (χ4n) is 3.53. The highest BCUT2D eigenvalue weighted by molar-refractivity contribution is 6.30. The number of ether oxygens (including phenoxy) is 1. The van der Waals surface area contributed by atoms with Gasteiger partial charge in [0, 0.05) is 35.1 Å². The highest BCUT2D eigenvalue weighted by Crippen LogP contribution is 2.27. The summed E-state index contributed by atoms with van der Waals surface area (Å²) in [6.45, 7) is 1.38. The number of hydrazone groups is 1. The summed E-state index contributed by atoms with van der Waals surface area (Å²) >= 11 is 6.01. The van der Waals surface area contributed by atoms with Gasteiger partial charge in [0.2, 0.25) is 0 Å². The first-order valence-electron chi connectivity index (χ1n) is 10.8. The summed E-state index contributed by atoms with van der Waals surface area (Å²) in [6, 6.07) is 14.3. The molecule has 0 saturated carbocycles. The molecule has 8 nitrogen and oxygen atoms in total. The number of hydrogen-bond donors (Lipinski definition) is 0. The van der Waals surface area contributed by atoms with Gasteiger partial charge in [-0.15, -0.1) is 26.0 Å². The first kappa shape index (κ1) is 29.6. The summed E-state index contributed by atoms with van der Waals surface area (Å²) in [7, 11) is 1.75. The van der Waals surface area contributed by atoms with Gasteiger partial charge in [0.1, 0.15) is 12.3 Å². The maximum absolute atomic E-state index is 13.4. The van der Waals surface area contributed by atoms with Crippen LogP contribution in [0, 0.1) is 35.5 Å². The number of nitriles is 2. The van der Waals surface area contributed by atoms with Crippen molar-refractivity contribution in [2.75, 3.05) is 25.0 Å². The van der Waals surface area contributed by atoms with Crippen LogP contribution in [0.4, 0.5) is 23.7 Å². The zero-order chi connectivity index (χ0) is 28.5. The molecule has 0 saturated heterocycles. The SMILES string of the molecule is C#C.C/C(C#N)=C\N(C)C1CN(C(=O)N(CC#N)c2ccc(OC(F)(F)F)cc2)N=C1c1ccc(Cl)cc1. The number of rotatable bonds is 6. The molecule has 1 atom stereocenters. The van der Waals surface area contributed by atoms with Crippen molar-refractivity contribution >= 4 is 29.0 Å². The molecule has 0 spiro atoms. The van der Waals surface area contributed by atoms with Crippen LogP contribution >= 0.6 is 11.6 Å². The van der Waals surface area contributed by atoms with Gasteiger partial charge in [-0.3, -0.25) is 4.90 Å². The number of alkyl halides is 3. The summed E-state index contributed by atoms with van der Waals surface area (Å²) in [5, 5.41) is 24.6. The molecule has 0 fully saturated rings. The third kappa shape index (κ3) is 7.67. The van der Waals surface area contributed by atoms with Crippen LogP contribution in [0.5, 0.6) is 5.75 Å². The smallest absolute Gasteiger partial charge is 0.406 e. The molecule has 2 aromatic carbocycles. The molecule has 0 bridgehead atoms. The number of carbonyl (C=O) groups is 1. The van der Waals surface area contributed by atoms with E-state index < -0.39 is 24.2 Å². The maximum Gasteiger partial charge on any atom is 0.573 e. The van der Waals surface area contributed by atoms with Gasteiger partial charge in [0.25, 0.3) is 0 Å². The molecule has 38 heavy (non-hydrogen) atoms. The lowest BCUT2D eigenvalue weighted by molar-refractivity contribution is -0.274. The molecule has 0 N–H and O–H groups in total. The van der Waals surface area contributed by atoms with Crippen LogP contribution in [0.2, 0.25) is 5.02 Å². The minimum atomic E-state index is -4.86. The molecule has 12 heteroatoms. The molecule has 1 unspecified atom stereocenters. The van der Waals surface area contributed by atoms with Crippen molar-refractivity contribution in [2.45, 2.75) is 19.3 Å². The van der Waals surface area contributed by atoms with E-state index in [9.17, 15) is 23.2 Å². The standard InChI is InChI=1S/C24H20ClF3N6O2.C2H2/c1-16(13-30)14-32(2)21-15-34(31-22(21)17-3-5-18(25)6-4-17)23(35)33(12-11-29)19-7-9-20(10-8-19)36-24(26,27)28;1-2/h3-10,14,21H,12,15H2,1-2H3;1-2H/b16-14+;. The van der Waals surface area contributed by atoms with Gasteiger partial charge in [-0.1, -0.05) is 23.7 Å². The molecular formula is C26H22ClF3N6O2. The van der Waals surface area contributed by atoms with E-state index >= 15 is 0 Å². The summed E-state index contributed by atoms with van der Waals surface area (Å²) in [4.78, 5) is 16.3. The fraction of sp³-hybridized carbons (Fsp3) is 0.231. The van der Waals surface area contributed by atoms with Crippen LogP contribution in [0.25, 0.3) is 0 Å². The Balaban J connectivity index is 0.00000247. The molecule has 3 rings (SSSR count). The first-order valence-corrected chi connectivity index (χ1v) is 11.2. The second-order valence-corrected chi connectivity index (χ2v) is 8.18. The van der Waals surface area contributed by atoms with Crippen molar-refractivity contribution in [1.82, 2.24) is 9.91 Å². The molecule has 0 radical (unpaired) electrons. The normalized spacial score (nSPS) is 14.8. The summed E-state index contributed by atoms with van der Waals surface area (Å²) in [5.41, 5.74) is 1.88. The number of urea groups is 1. The number of nitrogens with zero attached hydrogens (tertiary/aromatic N) is 6. The number of likely N-dealkylation sites (N-methyl/N-ethyl adjacent to an activating group) is 1. The molecule has 1 aliphatic rings. The van der Waals surface area contributed by atoms with Gasteiger partial charge >= 0.3 is 12.4 Å². The number of benzene rings is 2. The number of halogens is 4. The molecule has 2 amide bonds. The average Bonchev–Trinajstić information content (AvgIpc) is 3.34. The van der Waals surface area contributed by atoms with Gasteiger partial charge in [0.15, 0.2) is 0 Å². The summed E-state index contributed by atoms with van der Waals surface area (Å²) in [5.74, 6) is -0.457. The molecule has 2 aromatic rings. The molecule has 1 aliphatic heterocycles. The van der Waals surface area contributed by atoms with Crippen molar-refractivity contribution in [2.24, 2.45) is 5.10 Å². The summed E-state index contributed by atoms with van der Waals surface area (Å²) in [6.07, 6.45) is 4.78. The number of hydrogen-bond acceptors (Lipinski definition) is 6. The zero-order valence-corrected chi connectivity index (χ0v) is 21.1. The second kappa shape index (κ2) is 13.0. The van der Waals surface area contributed by atoms with Crippen molar-refractivity contribution in [3.8, 4) is 30.7 Å². The molecule has 0 aromatic heterocycles. The van der Waals surface area contributed by atoms with Crippen LogP contribution in [0.1, 0.15) is 12.5 Å². The van der Waals surface area contributed by atoms with E-state index in [1.807, 2.05) is 12.1 Å². The second-order valence-electron chi connectivity index (χ2n) is 7.75. The molecule has 0 aliphatic carbocycles. The zero-order valence-electron chi connectivity index (χ0n) is 20.4. The van der Waals surface area contributed by atoms with Crippen LogP contribution < -0.4 is 9.64 Å². The Kier molecular flexibility index (Phi) is 10.2. The Morgan fingerprint density at radius 1 is 1.21 bits per heavy atom. The van der Waals surface area contributed by atoms with Crippen molar-refractivity contribution < 1.29 is 22.7 Å². The third-order valence-corrected chi connectivity index (χ3v) is 5.41. The first-order chi connectivity index (χ1) is 18.0. The third-order valence-electron chi connectivity index (χ3n) is 5.16. The van der Waals surface area contributed by atoms with Crippen LogP contribution in [-0.4, -0.2) is 54.2 Å². The van der Waals surface area contributed by atoms with E-state index in [2.05, 4.69) is 22.7 Å². The molecular weight excluding hydrogens is 521 g/mol.